The van der Waals surface area contributed by atoms with Crippen molar-refractivity contribution in [2.75, 3.05) is 34.3 Å². The lowest BCUT2D eigenvalue weighted by atomic mass is 10.0. The lowest BCUT2D eigenvalue weighted by Crippen LogP contribution is -2.49. The summed E-state index contributed by atoms with van der Waals surface area (Å²) in [7, 11) is 5.72. The van der Waals surface area contributed by atoms with E-state index in [0.717, 1.165) is 25.2 Å². The summed E-state index contributed by atoms with van der Waals surface area (Å²) in [6, 6.07) is 0.388. The van der Waals surface area contributed by atoms with E-state index in [-0.39, 0.29) is 0 Å². The zero-order valence-corrected chi connectivity index (χ0v) is 8.00. The summed E-state index contributed by atoms with van der Waals surface area (Å²) in [5, 5.41) is 7.35. The summed E-state index contributed by atoms with van der Waals surface area (Å²) in [5.74, 6) is 0. The molecule has 1 N–H and O–H groups in total. The van der Waals surface area contributed by atoms with Crippen LogP contribution in [0.1, 0.15) is 6.42 Å². The van der Waals surface area contributed by atoms with E-state index in [9.17, 15) is 0 Å². The van der Waals surface area contributed by atoms with Gasteiger partial charge in [-0.3, -0.25) is 0 Å². The van der Waals surface area contributed by atoms with Crippen LogP contribution in [-0.4, -0.2) is 50.9 Å². The summed E-state index contributed by atoms with van der Waals surface area (Å²) in [6.07, 6.45) is 0.983. The highest BCUT2D eigenvalue weighted by Gasteiger charge is 2.22. The minimum absolute atomic E-state index is 0.388. The van der Waals surface area contributed by atoms with Crippen LogP contribution in [0, 0.1) is 0 Å². The van der Waals surface area contributed by atoms with E-state index >= 15 is 0 Å². The van der Waals surface area contributed by atoms with Crippen LogP contribution < -0.4 is 5.32 Å². The maximum absolute atomic E-state index is 4.80. The molecule has 1 fully saturated rings. The molecule has 0 spiro atoms. The first-order chi connectivity index (χ1) is 5.75. The van der Waals surface area contributed by atoms with Gasteiger partial charge in [0.15, 0.2) is 0 Å². The van der Waals surface area contributed by atoms with Crippen molar-refractivity contribution in [3.05, 3.63) is 0 Å². The van der Waals surface area contributed by atoms with Crippen molar-refractivity contribution in [1.29, 1.82) is 0 Å². The highest BCUT2D eigenvalue weighted by Crippen LogP contribution is 2.04. The molecule has 4 heteroatoms. The molecule has 0 aromatic rings. The Bertz CT molecular complexity index is 168. The summed E-state index contributed by atoms with van der Waals surface area (Å²) in [4.78, 5) is 6.95. The second-order valence-corrected chi connectivity index (χ2v) is 3.20. The second kappa shape index (κ2) is 4.42. The van der Waals surface area contributed by atoms with Gasteiger partial charge in [0.05, 0.1) is 11.8 Å². The van der Waals surface area contributed by atoms with Gasteiger partial charge in [-0.25, -0.2) is 0 Å². The molecule has 12 heavy (non-hydrogen) atoms. The fourth-order valence-electron chi connectivity index (χ4n) is 1.44. The molecule has 0 bridgehead atoms. The van der Waals surface area contributed by atoms with Crippen molar-refractivity contribution in [2.45, 2.75) is 12.5 Å². The molecule has 0 aromatic heterocycles. The average molecular weight is 171 g/mol. The molecule has 1 saturated heterocycles. The standard InChI is InChI=1S/C8H17N3O/c1-11(2)8-6-9-5-4-7(8)10-12-3/h8-9H,4-6H2,1-3H3/b10-7+. The number of rotatable bonds is 2. The SMILES string of the molecule is CO/N=C1\CCNCC1N(C)C. The van der Waals surface area contributed by atoms with Gasteiger partial charge in [-0.15, -0.1) is 0 Å². The minimum Gasteiger partial charge on any atom is -0.399 e. The third-order valence-electron chi connectivity index (χ3n) is 2.11. The molecule has 0 amide bonds. The molecule has 0 radical (unpaired) electrons. The molecule has 1 rings (SSSR count). The zero-order valence-electron chi connectivity index (χ0n) is 8.00. The van der Waals surface area contributed by atoms with Crippen LogP contribution in [0.2, 0.25) is 0 Å². The van der Waals surface area contributed by atoms with Gasteiger partial charge < -0.3 is 15.1 Å². The molecule has 0 aromatic carbocycles. The number of piperidine rings is 1. The van der Waals surface area contributed by atoms with Gasteiger partial charge >= 0.3 is 0 Å². The van der Waals surface area contributed by atoms with E-state index in [2.05, 4.69) is 29.5 Å². The lowest BCUT2D eigenvalue weighted by Gasteiger charge is -2.29. The first-order valence-electron chi connectivity index (χ1n) is 4.22. The molecule has 4 nitrogen and oxygen atoms in total. The fourth-order valence-corrected chi connectivity index (χ4v) is 1.44. The fraction of sp³-hybridized carbons (Fsp3) is 0.875. The number of nitrogens with zero attached hydrogens (tertiary/aromatic N) is 2. The summed E-state index contributed by atoms with van der Waals surface area (Å²) >= 11 is 0. The number of likely N-dealkylation sites (N-methyl/N-ethyl adjacent to an activating group) is 1. The molecule has 1 atom stereocenters. The Labute approximate surface area is 73.6 Å². The van der Waals surface area contributed by atoms with Gasteiger partial charge in [-0.2, -0.15) is 0 Å². The van der Waals surface area contributed by atoms with Crippen molar-refractivity contribution in [1.82, 2.24) is 10.2 Å². The van der Waals surface area contributed by atoms with Gasteiger partial charge in [-0.05, 0) is 14.1 Å². The predicted octanol–water partition coefficient (Wildman–Crippen LogP) is -0.0877. The third-order valence-corrected chi connectivity index (χ3v) is 2.11. The van der Waals surface area contributed by atoms with Gasteiger partial charge in [-0.1, -0.05) is 5.16 Å². The van der Waals surface area contributed by atoms with E-state index in [1.54, 1.807) is 7.11 Å². The van der Waals surface area contributed by atoms with Crippen molar-refractivity contribution in [3.63, 3.8) is 0 Å². The Hall–Kier alpha value is -0.610. The number of hydrogen-bond acceptors (Lipinski definition) is 4. The number of oxime groups is 1. The second-order valence-electron chi connectivity index (χ2n) is 3.20. The van der Waals surface area contributed by atoms with Crippen molar-refractivity contribution in [3.8, 4) is 0 Å². The Kier molecular flexibility index (Phi) is 3.49. The monoisotopic (exact) mass is 171 g/mol. The summed E-state index contributed by atoms with van der Waals surface area (Å²) in [6.45, 7) is 1.97. The number of hydrogen-bond donors (Lipinski definition) is 1. The first-order valence-corrected chi connectivity index (χ1v) is 4.22. The minimum atomic E-state index is 0.388. The van der Waals surface area contributed by atoms with E-state index in [0.29, 0.717) is 6.04 Å². The highest BCUT2D eigenvalue weighted by molar-refractivity contribution is 5.90. The maximum atomic E-state index is 4.80. The molecule has 70 valence electrons. The van der Waals surface area contributed by atoms with E-state index < -0.39 is 0 Å². The van der Waals surface area contributed by atoms with E-state index in [1.807, 2.05) is 0 Å². The van der Waals surface area contributed by atoms with Crippen molar-refractivity contribution in [2.24, 2.45) is 5.16 Å². The summed E-state index contributed by atoms with van der Waals surface area (Å²) in [5.41, 5.74) is 1.14. The maximum Gasteiger partial charge on any atom is 0.106 e. The quantitative estimate of drug-likeness (QED) is 0.590. The van der Waals surface area contributed by atoms with Crippen LogP contribution in [0.5, 0.6) is 0 Å². The van der Waals surface area contributed by atoms with Gasteiger partial charge in [0.25, 0.3) is 0 Å². The largest absolute Gasteiger partial charge is 0.399 e. The van der Waals surface area contributed by atoms with Crippen LogP contribution in [0.4, 0.5) is 0 Å². The Morgan fingerprint density at radius 2 is 2.33 bits per heavy atom. The smallest absolute Gasteiger partial charge is 0.106 e. The molecule has 1 aliphatic rings. The molecule has 0 saturated carbocycles. The lowest BCUT2D eigenvalue weighted by molar-refractivity contribution is 0.205. The van der Waals surface area contributed by atoms with Gasteiger partial charge in [0.2, 0.25) is 0 Å². The molecule has 1 unspecified atom stereocenters. The van der Waals surface area contributed by atoms with Crippen LogP contribution in [-0.2, 0) is 4.84 Å². The highest BCUT2D eigenvalue weighted by atomic mass is 16.6. The third kappa shape index (κ3) is 2.19. The molecule has 0 aliphatic carbocycles. The summed E-state index contributed by atoms with van der Waals surface area (Å²) < 4.78 is 0. The normalized spacial score (nSPS) is 28.0. The van der Waals surface area contributed by atoms with E-state index in [1.165, 1.54) is 0 Å². The molecular formula is C8H17N3O. The Balaban J connectivity index is 2.60. The first kappa shape index (κ1) is 9.48. The van der Waals surface area contributed by atoms with Gasteiger partial charge in [0, 0.05) is 19.5 Å². The molecule has 1 heterocycles. The van der Waals surface area contributed by atoms with Crippen LogP contribution in [0.15, 0.2) is 5.16 Å². The number of nitrogens with one attached hydrogen (secondary N) is 1. The molecule has 1 aliphatic heterocycles. The van der Waals surface area contributed by atoms with Crippen LogP contribution in [0.25, 0.3) is 0 Å². The zero-order chi connectivity index (χ0) is 8.97. The van der Waals surface area contributed by atoms with Crippen molar-refractivity contribution < 1.29 is 4.84 Å². The predicted molar refractivity (Wildman–Crippen MR) is 49.4 cm³/mol. The van der Waals surface area contributed by atoms with Crippen LogP contribution in [0.3, 0.4) is 0 Å². The van der Waals surface area contributed by atoms with Crippen molar-refractivity contribution >= 4 is 5.71 Å². The molecular weight excluding hydrogens is 154 g/mol. The Morgan fingerprint density at radius 1 is 1.58 bits per heavy atom. The average Bonchev–Trinajstić information content (AvgIpc) is 2.05. The van der Waals surface area contributed by atoms with Crippen LogP contribution >= 0.6 is 0 Å². The topological polar surface area (TPSA) is 36.9 Å². The van der Waals surface area contributed by atoms with Gasteiger partial charge in [0.1, 0.15) is 7.11 Å². The van der Waals surface area contributed by atoms with E-state index in [4.69, 9.17) is 4.84 Å². The Morgan fingerprint density at radius 3 is 2.92 bits per heavy atom.